The van der Waals surface area contributed by atoms with E-state index in [2.05, 4.69) is 11.8 Å². The number of methoxy groups -OCH3 is 1. The topological polar surface area (TPSA) is 49.8 Å². The predicted octanol–water partition coefficient (Wildman–Crippen LogP) is -0.0954. The zero-order chi connectivity index (χ0) is 11.1. The smallest absolute Gasteiger partial charge is 0.161 e. The van der Waals surface area contributed by atoms with E-state index in [4.69, 9.17) is 4.74 Å². The highest BCUT2D eigenvalue weighted by Crippen LogP contribution is 2.39. The van der Waals surface area contributed by atoms with Crippen molar-refractivity contribution in [3.8, 4) is 0 Å². The van der Waals surface area contributed by atoms with Gasteiger partial charge in [-0.05, 0) is 18.9 Å². The molecule has 0 radical (unpaired) electrons. The van der Waals surface area contributed by atoms with Gasteiger partial charge in [-0.3, -0.25) is 9.69 Å². The summed E-state index contributed by atoms with van der Waals surface area (Å²) in [6, 6.07) is 0. The summed E-state index contributed by atoms with van der Waals surface area (Å²) in [5.41, 5.74) is -0.746. The number of nitrogens with zero attached hydrogens (tertiary/aromatic N) is 1. The normalized spacial score (nSPS) is 44.7. The molecule has 15 heavy (non-hydrogen) atoms. The van der Waals surface area contributed by atoms with Crippen LogP contribution < -0.4 is 0 Å². The average Bonchev–Trinajstić information content (AvgIpc) is 2.23. The number of aliphatic hydroxyl groups is 1. The maximum Gasteiger partial charge on any atom is 0.161 e. The van der Waals surface area contributed by atoms with Gasteiger partial charge in [-0.15, -0.1) is 0 Å². The van der Waals surface area contributed by atoms with Gasteiger partial charge < -0.3 is 9.84 Å². The Hall–Kier alpha value is -0.450. The number of aliphatic hydroxyl groups excluding tert-OH is 1. The van der Waals surface area contributed by atoms with Crippen molar-refractivity contribution >= 4 is 5.78 Å². The third-order valence-corrected chi connectivity index (χ3v) is 3.95. The van der Waals surface area contributed by atoms with Crippen molar-refractivity contribution in [2.24, 2.45) is 11.8 Å². The van der Waals surface area contributed by atoms with Gasteiger partial charge in [0.2, 0.25) is 0 Å². The van der Waals surface area contributed by atoms with E-state index in [0.29, 0.717) is 12.5 Å². The molecule has 0 saturated carbocycles. The molecule has 4 nitrogen and oxygen atoms in total. The molecule has 3 saturated heterocycles. The maximum atomic E-state index is 12.3. The van der Waals surface area contributed by atoms with Crippen molar-refractivity contribution in [3.63, 3.8) is 0 Å². The van der Waals surface area contributed by atoms with E-state index < -0.39 is 5.54 Å². The number of ether oxygens (including phenoxy) is 1. The Morgan fingerprint density at radius 3 is 2.87 bits per heavy atom. The van der Waals surface area contributed by atoms with Gasteiger partial charge in [0, 0.05) is 19.6 Å². The molecule has 0 spiro atoms. The highest BCUT2D eigenvalue weighted by molar-refractivity contribution is 5.92. The average molecular weight is 213 g/mol. The highest BCUT2D eigenvalue weighted by atomic mass is 16.5. The molecule has 1 unspecified atom stereocenters. The molecule has 3 aliphatic heterocycles. The summed E-state index contributed by atoms with van der Waals surface area (Å²) in [5, 5.41) is 9.51. The van der Waals surface area contributed by atoms with Crippen LogP contribution in [0.1, 0.15) is 13.3 Å². The Morgan fingerprint density at radius 2 is 2.40 bits per heavy atom. The zero-order valence-corrected chi connectivity index (χ0v) is 9.40. The summed E-state index contributed by atoms with van der Waals surface area (Å²) in [7, 11) is 1.58. The first-order valence-electron chi connectivity index (χ1n) is 5.55. The molecule has 3 heterocycles. The lowest BCUT2D eigenvalue weighted by Gasteiger charge is -2.54. The van der Waals surface area contributed by atoms with Crippen molar-refractivity contribution in [1.29, 1.82) is 0 Å². The Bertz CT molecular complexity index is 269. The summed E-state index contributed by atoms with van der Waals surface area (Å²) in [5.74, 6) is 0.719. The monoisotopic (exact) mass is 213 g/mol. The van der Waals surface area contributed by atoms with Crippen molar-refractivity contribution in [2.45, 2.75) is 18.9 Å². The highest BCUT2D eigenvalue weighted by Gasteiger charge is 2.55. The van der Waals surface area contributed by atoms with Gasteiger partial charge in [-0.1, -0.05) is 6.92 Å². The number of ketones is 1. The molecular weight excluding hydrogens is 194 g/mol. The second-order valence-electron chi connectivity index (χ2n) is 4.81. The molecular formula is C11H19NO3. The molecule has 3 rings (SSSR count). The minimum absolute atomic E-state index is 0.122. The molecule has 0 amide bonds. The van der Waals surface area contributed by atoms with Gasteiger partial charge in [0.1, 0.15) is 5.54 Å². The first-order chi connectivity index (χ1) is 7.15. The summed E-state index contributed by atoms with van der Waals surface area (Å²) >= 11 is 0. The van der Waals surface area contributed by atoms with Crippen LogP contribution in [0.5, 0.6) is 0 Å². The second kappa shape index (κ2) is 3.85. The van der Waals surface area contributed by atoms with Crippen LogP contribution in [-0.4, -0.2) is 54.7 Å². The minimum Gasteiger partial charge on any atom is -0.394 e. The Balaban J connectivity index is 2.29. The number of carbonyl (C=O) groups excluding carboxylic acids is 1. The molecule has 86 valence electrons. The fraction of sp³-hybridized carbons (Fsp3) is 0.909. The summed E-state index contributed by atoms with van der Waals surface area (Å²) in [4.78, 5) is 14.4. The molecule has 4 atom stereocenters. The zero-order valence-electron chi connectivity index (χ0n) is 9.40. The Labute approximate surface area is 90.2 Å². The Kier molecular flexibility index (Phi) is 2.83. The number of fused-ring (bicyclic) bond motifs is 3. The lowest BCUT2D eigenvalue weighted by Crippen LogP contribution is -2.71. The van der Waals surface area contributed by atoms with Gasteiger partial charge in [-0.25, -0.2) is 0 Å². The van der Waals surface area contributed by atoms with Crippen LogP contribution in [0.4, 0.5) is 0 Å². The number of rotatable bonds is 3. The third-order valence-electron chi connectivity index (χ3n) is 3.95. The lowest BCUT2D eigenvalue weighted by molar-refractivity contribution is -0.163. The molecule has 3 fully saturated rings. The van der Waals surface area contributed by atoms with Crippen LogP contribution >= 0.6 is 0 Å². The largest absolute Gasteiger partial charge is 0.394 e. The van der Waals surface area contributed by atoms with Crippen molar-refractivity contribution in [1.82, 2.24) is 4.90 Å². The minimum atomic E-state index is -0.746. The maximum absolute atomic E-state index is 12.3. The van der Waals surface area contributed by atoms with Crippen LogP contribution in [0.2, 0.25) is 0 Å². The molecule has 3 aliphatic rings. The van der Waals surface area contributed by atoms with E-state index in [1.165, 1.54) is 0 Å². The summed E-state index contributed by atoms with van der Waals surface area (Å²) in [6.45, 7) is 4.11. The van der Waals surface area contributed by atoms with Crippen molar-refractivity contribution < 1.29 is 14.6 Å². The van der Waals surface area contributed by atoms with E-state index in [9.17, 15) is 9.90 Å². The number of carbonyl (C=O) groups is 1. The fourth-order valence-corrected chi connectivity index (χ4v) is 3.05. The first kappa shape index (κ1) is 11.0. The van der Waals surface area contributed by atoms with Crippen molar-refractivity contribution in [3.05, 3.63) is 0 Å². The second-order valence-corrected chi connectivity index (χ2v) is 4.81. The summed E-state index contributed by atoms with van der Waals surface area (Å²) in [6.07, 6.45) is 0.936. The SMILES string of the molecule is COC[C@]1(CO)C(=O)[C@H]2CCN1C[C@H]2C. The van der Waals surface area contributed by atoms with Gasteiger partial charge in [-0.2, -0.15) is 0 Å². The number of hydrogen-bond donors (Lipinski definition) is 1. The number of piperidine rings is 3. The Morgan fingerprint density at radius 1 is 1.67 bits per heavy atom. The van der Waals surface area contributed by atoms with Crippen LogP contribution in [-0.2, 0) is 9.53 Å². The van der Waals surface area contributed by atoms with E-state index in [1.807, 2.05) is 0 Å². The van der Waals surface area contributed by atoms with E-state index in [0.717, 1.165) is 19.5 Å². The van der Waals surface area contributed by atoms with Crippen LogP contribution in [0.3, 0.4) is 0 Å². The molecule has 0 aliphatic carbocycles. The number of Topliss-reactive ketones (excluding diaryl/α,β-unsaturated/α-hetero) is 1. The predicted molar refractivity (Wildman–Crippen MR) is 55.5 cm³/mol. The summed E-state index contributed by atoms with van der Waals surface area (Å²) < 4.78 is 5.11. The van der Waals surface area contributed by atoms with Crippen LogP contribution in [0.15, 0.2) is 0 Å². The van der Waals surface area contributed by atoms with Crippen molar-refractivity contribution in [2.75, 3.05) is 33.4 Å². The molecule has 0 aromatic heterocycles. The fourth-order valence-electron chi connectivity index (χ4n) is 3.05. The molecule has 2 bridgehead atoms. The van der Waals surface area contributed by atoms with Gasteiger partial charge in [0.25, 0.3) is 0 Å². The standard InChI is InChI=1S/C11H19NO3/c1-8-5-12-4-3-9(8)10(14)11(12,6-13)7-15-2/h8-9,13H,3-7H2,1-2H3/t8-,9+,11-/m1/s1. The van der Waals surface area contributed by atoms with Crippen LogP contribution in [0, 0.1) is 11.8 Å². The van der Waals surface area contributed by atoms with Gasteiger partial charge in [0.05, 0.1) is 13.2 Å². The first-order valence-corrected chi connectivity index (χ1v) is 5.55. The van der Waals surface area contributed by atoms with E-state index >= 15 is 0 Å². The molecule has 4 heteroatoms. The number of hydrogen-bond acceptors (Lipinski definition) is 4. The molecule has 0 aromatic carbocycles. The quantitative estimate of drug-likeness (QED) is 0.711. The van der Waals surface area contributed by atoms with Crippen LogP contribution in [0.25, 0.3) is 0 Å². The third kappa shape index (κ3) is 1.43. The molecule has 0 aromatic rings. The molecule has 1 N–H and O–H groups in total. The van der Waals surface area contributed by atoms with E-state index in [1.54, 1.807) is 7.11 Å². The lowest BCUT2D eigenvalue weighted by atomic mass is 9.69. The van der Waals surface area contributed by atoms with Gasteiger partial charge >= 0.3 is 0 Å². The van der Waals surface area contributed by atoms with E-state index in [-0.39, 0.29) is 18.3 Å². The van der Waals surface area contributed by atoms with Gasteiger partial charge in [0.15, 0.2) is 5.78 Å².